The molecule has 1 aliphatic carbocycles. The number of nitrogens with zero attached hydrogens (tertiary/aromatic N) is 1. The maximum absolute atomic E-state index is 14.2. The van der Waals surface area contributed by atoms with E-state index in [1.807, 2.05) is 62.4 Å². The summed E-state index contributed by atoms with van der Waals surface area (Å²) in [6.45, 7) is 4.39. The molecule has 3 aromatic carbocycles. The van der Waals surface area contributed by atoms with Crippen molar-refractivity contribution in [1.82, 2.24) is 0 Å². The average Bonchev–Trinajstić information content (AvgIpc) is 2.91. The maximum Gasteiger partial charge on any atom is 0.180 e. The summed E-state index contributed by atoms with van der Waals surface area (Å²) in [5, 5.41) is 14.4. The zero-order chi connectivity index (χ0) is 26.9. The molecule has 198 valence electrons. The summed E-state index contributed by atoms with van der Waals surface area (Å²) in [4.78, 5) is 14.4. The number of Topliss-reactive ketones (excluding diaryl/α,β-unsaturated/α-hetero) is 1. The number of benzene rings is 3. The van der Waals surface area contributed by atoms with E-state index in [4.69, 9.17) is 4.74 Å². The molecule has 1 aliphatic heterocycles. The number of rotatable bonds is 8. The second kappa shape index (κ2) is 10.3. The molecule has 7 nitrogen and oxygen atoms in total. The van der Waals surface area contributed by atoms with E-state index in [-0.39, 0.29) is 27.8 Å². The topological polar surface area (TPSA) is 111 Å². The molecule has 0 amide bonds. The zero-order valence-electron chi connectivity index (χ0n) is 21.5. The number of fused-ring (bicyclic) bond motifs is 2. The first-order valence-corrected chi connectivity index (χ1v) is 14.4. The molecular formula is C30H32N2O5S. The fraction of sp³-hybridized carbons (Fsp3) is 0.267. The van der Waals surface area contributed by atoms with Crippen molar-refractivity contribution in [2.45, 2.75) is 56.4 Å². The summed E-state index contributed by atoms with van der Waals surface area (Å²) >= 11 is 0. The Morgan fingerprint density at radius 2 is 1.63 bits per heavy atom. The van der Waals surface area contributed by atoms with Gasteiger partial charge >= 0.3 is 0 Å². The Kier molecular flexibility index (Phi) is 7.05. The van der Waals surface area contributed by atoms with Gasteiger partial charge in [0.1, 0.15) is 28.6 Å². The Balaban J connectivity index is 1.53. The highest BCUT2D eigenvalue weighted by atomic mass is 32.3. The Bertz CT molecular complexity index is 1430. The van der Waals surface area contributed by atoms with Gasteiger partial charge in [-0.15, -0.1) is 4.40 Å². The standard InChI is InChI=1S/C30H32N2O5S/c1-3-16-30(17-4-2)23-13-9-8-12-22(23)27(33)26(28(30)34)29-31-24-15-14-21(18-25(24)38(35,36)32-29)37-19-20-10-6-5-7-11-20/h5-15,18,33,35-36H,3-4,16-17,19H2,1-2H3,(H,31,32). The van der Waals surface area contributed by atoms with Crippen LogP contribution in [0, 0.1) is 0 Å². The van der Waals surface area contributed by atoms with Crippen molar-refractivity contribution in [3.05, 3.63) is 95.1 Å². The molecule has 0 aromatic heterocycles. The summed E-state index contributed by atoms with van der Waals surface area (Å²) in [5.41, 5.74) is 1.91. The van der Waals surface area contributed by atoms with Gasteiger partial charge < -0.3 is 15.2 Å². The molecule has 0 radical (unpaired) electrons. The average molecular weight is 533 g/mol. The molecule has 0 saturated heterocycles. The quantitative estimate of drug-likeness (QED) is 0.239. The van der Waals surface area contributed by atoms with Gasteiger partial charge in [-0.25, -0.2) is 0 Å². The first-order valence-electron chi connectivity index (χ1n) is 12.8. The highest BCUT2D eigenvalue weighted by Gasteiger charge is 2.48. The molecule has 2 aliphatic rings. The summed E-state index contributed by atoms with van der Waals surface area (Å²) in [5.74, 6) is -0.0435. The molecule has 0 fully saturated rings. The van der Waals surface area contributed by atoms with Crippen LogP contribution in [-0.4, -0.2) is 25.8 Å². The van der Waals surface area contributed by atoms with Gasteiger partial charge in [0.2, 0.25) is 0 Å². The van der Waals surface area contributed by atoms with Gasteiger partial charge in [0.15, 0.2) is 11.6 Å². The van der Waals surface area contributed by atoms with E-state index in [2.05, 4.69) is 9.71 Å². The summed E-state index contributed by atoms with van der Waals surface area (Å²) in [7, 11) is -3.68. The third kappa shape index (κ3) is 4.49. The number of carbonyl (C=O) groups excluding carboxylic acids is 1. The van der Waals surface area contributed by atoms with Crippen molar-refractivity contribution in [3.63, 3.8) is 0 Å². The lowest BCUT2D eigenvalue weighted by Crippen LogP contribution is -2.44. The van der Waals surface area contributed by atoms with Crippen LogP contribution >= 0.6 is 10.8 Å². The third-order valence-electron chi connectivity index (χ3n) is 7.15. The van der Waals surface area contributed by atoms with Crippen molar-refractivity contribution in [3.8, 4) is 5.75 Å². The van der Waals surface area contributed by atoms with Gasteiger partial charge in [0.05, 0.1) is 11.1 Å². The number of anilines is 1. The second-order valence-corrected chi connectivity index (χ2v) is 11.4. The summed E-state index contributed by atoms with van der Waals surface area (Å²) in [6.07, 6.45) is 2.76. The summed E-state index contributed by atoms with van der Waals surface area (Å²) in [6, 6.07) is 22.0. The minimum Gasteiger partial charge on any atom is -0.506 e. The molecule has 38 heavy (non-hydrogen) atoms. The lowest BCUT2D eigenvalue weighted by molar-refractivity contribution is -0.121. The molecule has 0 atom stereocenters. The number of amidine groups is 1. The number of ketones is 1. The number of hydrogen-bond donors (Lipinski definition) is 4. The van der Waals surface area contributed by atoms with E-state index in [1.165, 1.54) is 0 Å². The molecule has 4 N–H and O–H groups in total. The molecule has 8 heteroatoms. The smallest absolute Gasteiger partial charge is 0.180 e. The number of aliphatic hydroxyl groups excluding tert-OH is 1. The molecule has 0 bridgehead atoms. The molecule has 0 saturated carbocycles. The number of ether oxygens (including phenoxy) is 1. The van der Waals surface area contributed by atoms with Crippen molar-refractivity contribution in [2.75, 3.05) is 5.32 Å². The van der Waals surface area contributed by atoms with Crippen LogP contribution in [0.25, 0.3) is 5.76 Å². The number of hydrogen-bond acceptors (Lipinski definition) is 7. The van der Waals surface area contributed by atoms with Gasteiger partial charge in [-0.2, -0.15) is 0 Å². The normalized spacial score (nSPS) is 18.1. The van der Waals surface area contributed by atoms with Crippen LogP contribution in [0.5, 0.6) is 5.75 Å². The lowest BCUT2D eigenvalue weighted by Gasteiger charge is -2.40. The van der Waals surface area contributed by atoms with E-state index in [9.17, 15) is 19.0 Å². The first-order chi connectivity index (χ1) is 18.3. The van der Waals surface area contributed by atoms with Gasteiger partial charge in [-0.3, -0.25) is 13.9 Å². The van der Waals surface area contributed by atoms with E-state index in [0.717, 1.165) is 24.0 Å². The van der Waals surface area contributed by atoms with Gasteiger partial charge in [-0.05, 0) is 36.1 Å². The minimum atomic E-state index is -3.68. The highest BCUT2D eigenvalue weighted by Crippen LogP contribution is 2.57. The van der Waals surface area contributed by atoms with Gasteiger partial charge in [-0.1, -0.05) is 92.1 Å². The van der Waals surface area contributed by atoms with Crippen molar-refractivity contribution >= 4 is 33.8 Å². The Labute approximate surface area is 224 Å². The fourth-order valence-corrected chi connectivity index (χ4v) is 6.68. The van der Waals surface area contributed by atoms with Crippen LogP contribution in [-0.2, 0) is 16.8 Å². The van der Waals surface area contributed by atoms with E-state index >= 15 is 0 Å². The molecular weight excluding hydrogens is 500 g/mol. The SMILES string of the molecule is CCCC1(CCC)C(=O)C(C2=NS(O)(O)c3cc(OCc4ccccc4)ccc3N2)=C(O)c2ccccc21. The van der Waals surface area contributed by atoms with Gasteiger partial charge in [0.25, 0.3) is 0 Å². The van der Waals surface area contributed by atoms with Crippen LogP contribution in [0.1, 0.15) is 56.2 Å². The molecule has 5 rings (SSSR count). The lowest BCUT2D eigenvalue weighted by atomic mass is 9.63. The maximum atomic E-state index is 14.2. The zero-order valence-corrected chi connectivity index (χ0v) is 22.3. The number of nitrogens with one attached hydrogen (secondary N) is 1. The Hall–Kier alpha value is -3.59. The van der Waals surface area contributed by atoms with Crippen LogP contribution in [0.3, 0.4) is 0 Å². The molecule has 0 unspecified atom stereocenters. The Morgan fingerprint density at radius 1 is 0.947 bits per heavy atom. The first kappa shape index (κ1) is 26.0. The van der Waals surface area contributed by atoms with Crippen LogP contribution in [0.2, 0.25) is 0 Å². The molecule has 3 aromatic rings. The largest absolute Gasteiger partial charge is 0.506 e. The van der Waals surface area contributed by atoms with Crippen molar-refractivity contribution < 1.29 is 23.7 Å². The van der Waals surface area contributed by atoms with Crippen LogP contribution in [0.4, 0.5) is 5.69 Å². The van der Waals surface area contributed by atoms with Crippen molar-refractivity contribution in [2.24, 2.45) is 4.40 Å². The van der Waals surface area contributed by atoms with Crippen LogP contribution in [0.15, 0.2) is 87.7 Å². The Morgan fingerprint density at radius 3 is 2.34 bits per heavy atom. The van der Waals surface area contributed by atoms with E-state index in [0.29, 0.717) is 36.4 Å². The van der Waals surface area contributed by atoms with E-state index in [1.54, 1.807) is 24.3 Å². The fourth-order valence-electron chi connectivity index (χ4n) is 5.50. The summed E-state index contributed by atoms with van der Waals surface area (Å²) < 4.78 is 32.2. The predicted molar refractivity (Wildman–Crippen MR) is 152 cm³/mol. The monoisotopic (exact) mass is 532 g/mol. The number of carbonyl (C=O) groups is 1. The second-order valence-electron chi connectivity index (χ2n) is 9.70. The van der Waals surface area contributed by atoms with Crippen LogP contribution < -0.4 is 10.1 Å². The highest BCUT2D eigenvalue weighted by molar-refractivity contribution is 8.23. The molecule has 0 spiro atoms. The predicted octanol–water partition coefficient (Wildman–Crippen LogP) is 7.50. The molecule has 1 heterocycles. The van der Waals surface area contributed by atoms with Crippen molar-refractivity contribution in [1.29, 1.82) is 0 Å². The third-order valence-corrected chi connectivity index (χ3v) is 8.52. The van der Waals surface area contributed by atoms with Gasteiger partial charge in [0, 0.05) is 11.6 Å². The number of aliphatic hydroxyl groups is 1. The minimum absolute atomic E-state index is 0.0133. The van der Waals surface area contributed by atoms with E-state index < -0.39 is 16.2 Å².